The summed E-state index contributed by atoms with van der Waals surface area (Å²) in [5.74, 6) is -0.709. The van der Waals surface area contributed by atoms with Crippen LogP contribution in [0.2, 0.25) is 0 Å². The van der Waals surface area contributed by atoms with Gasteiger partial charge in [0.05, 0.1) is 0 Å². The molecule has 0 radical (unpaired) electrons. The lowest BCUT2D eigenvalue weighted by atomic mass is 10.1. The van der Waals surface area contributed by atoms with Crippen molar-refractivity contribution in [2.24, 2.45) is 0 Å². The molecule has 1 rings (SSSR count). The van der Waals surface area contributed by atoms with Crippen LogP contribution in [0.15, 0.2) is 0 Å². The van der Waals surface area contributed by atoms with Crippen molar-refractivity contribution in [1.29, 1.82) is 0 Å². The van der Waals surface area contributed by atoms with E-state index in [1.54, 1.807) is 0 Å². The van der Waals surface area contributed by atoms with E-state index in [2.05, 4.69) is 17.1 Å². The molecular formula is C13H26N2O2. The number of carboxylic acids is 1. The lowest BCUT2D eigenvalue weighted by Crippen LogP contribution is -2.38. The second kappa shape index (κ2) is 8.48. The van der Waals surface area contributed by atoms with E-state index < -0.39 is 5.97 Å². The van der Waals surface area contributed by atoms with Crippen LogP contribution in [-0.2, 0) is 4.79 Å². The van der Waals surface area contributed by atoms with Gasteiger partial charge < -0.3 is 15.3 Å². The summed E-state index contributed by atoms with van der Waals surface area (Å²) >= 11 is 0. The molecular weight excluding hydrogens is 216 g/mol. The van der Waals surface area contributed by atoms with Gasteiger partial charge in [-0.05, 0) is 51.9 Å². The number of hydrogen-bond donors (Lipinski definition) is 2. The highest BCUT2D eigenvalue weighted by Crippen LogP contribution is 2.07. The number of rotatable bonds is 9. The Balaban J connectivity index is 2.06. The maximum atomic E-state index is 11.0. The van der Waals surface area contributed by atoms with Crippen molar-refractivity contribution in [2.45, 2.75) is 51.5 Å². The first-order chi connectivity index (χ1) is 8.24. The van der Waals surface area contributed by atoms with Crippen molar-refractivity contribution in [3.05, 3.63) is 0 Å². The maximum Gasteiger partial charge on any atom is 0.320 e. The van der Waals surface area contributed by atoms with Gasteiger partial charge in [-0.1, -0.05) is 19.8 Å². The monoisotopic (exact) mass is 242 g/mol. The second-order valence-corrected chi connectivity index (χ2v) is 4.89. The van der Waals surface area contributed by atoms with Gasteiger partial charge in [-0.15, -0.1) is 0 Å². The van der Waals surface area contributed by atoms with Gasteiger partial charge in [-0.25, -0.2) is 0 Å². The van der Waals surface area contributed by atoms with Crippen LogP contribution in [0.3, 0.4) is 0 Å². The number of carbonyl (C=O) groups is 1. The Bertz CT molecular complexity index is 215. The van der Waals surface area contributed by atoms with Gasteiger partial charge in [0, 0.05) is 0 Å². The first-order valence-corrected chi connectivity index (χ1v) is 6.92. The molecule has 4 nitrogen and oxygen atoms in total. The molecule has 4 heteroatoms. The molecule has 0 aromatic rings. The van der Waals surface area contributed by atoms with Gasteiger partial charge >= 0.3 is 5.97 Å². The fraction of sp³-hybridized carbons (Fsp3) is 0.923. The number of nitrogens with zero attached hydrogens (tertiary/aromatic N) is 1. The minimum atomic E-state index is -0.709. The standard InChI is InChI=1S/C13H26N2O2/c1-2-3-7-12(13(16)17)14-8-6-11-15-9-4-5-10-15/h12,14H,2-11H2,1H3,(H,16,17). The van der Waals surface area contributed by atoms with Crippen LogP contribution in [0, 0.1) is 0 Å². The highest BCUT2D eigenvalue weighted by atomic mass is 16.4. The summed E-state index contributed by atoms with van der Waals surface area (Å²) in [7, 11) is 0. The van der Waals surface area contributed by atoms with Crippen molar-refractivity contribution in [3.8, 4) is 0 Å². The fourth-order valence-corrected chi connectivity index (χ4v) is 2.31. The summed E-state index contributed by atoms with van der Waals surface area (Å²) in [6, 6.07) is -0.353. The van der Waals surface area contributed by atoms with Crippen LogP contribution in [0.25, 0.3) is 0 Å². The Morgan fingerprint density at radius 2 is 2.06 bits per heavy atom. The first-order valence-electron chi connectivity index (χ1n) is 6.92. The van der Waals surface area contributed by atoms with Crippen LogP contribution in [-0.4, -0.2) is 48.2 Å². The summed E-state index contributed by atoms with van der Waals surface area (Å²) in [6.07, 6.45) is 6.48. The Kier molecular flexibility index (Phi) is 7.21. The van der Waals surface area contributed by atoms with E-state index >= 15 is 0 Å². The van der Waals surface area contributed by atoms with Crippen molar-refractivity contribution in [2.75, 3.05) is 26.2 Å². The SMILES string of the molecule is CCCCC(NCCCN1CCCC1)C(=O)O. The van der Waals surface area contributed by atoms with Gasteiger partial charge in [-0.3, -0.25) is 4.79 Å². The Labute approximate surface area is 104 Å². The second-order valence-electron chi connectivity index (χ2n) is 4.89. The molecule has 0 amide bonds. The van der Waals surface area contributed by atoms with E-state index in [1.165, 1.54) is 25.9 Å². The predicted molar refractivity (Wildman–Crippen MR) is 69.2 cm³/mol. The molecule has 1 atom stereocenters. The quantitative estimate of drug-likeness (QED) is 0.604. The number of likely N-dealkylation sites (tertiary alicyclic amines) is 1. The molecule has 0 spiro atoms. The normalized spacial score (nSPS) is 18.4. The van der Waals surface area contributed by atoms with Crippen molar-refractivity contribution < 1.29 is 9.90 Å². The molecule has 0 aromatic heterocycles. The summed E-state index contributed by atoms with van der Waals surface area (Å²) in [5.41, 5.74) is 0. The number of carboxylic acid groups (broad SMARTS) is 1. The topological polar surface area (TPSA) is 52.6 Å². The van der Waals surface area contributed by atoms with Crippen LogP contribution in [0.5, 0.6) is 0 Å². The van der Waals surface area contributed by atoms with Crippen LogP contribution in [0.1, 0.15) is 45.4 Å². The van der Waals surface area contributed by atoms with Gasteiger partial charge in [0.2, 0.25) is 0 Å². The number of unbranched alkanes of at least 4 members (excludes halogenated alkanes) is 1. The average molecular weight is 242 g/mol. The Morgan fingerprint density at radius 3 is 2.65 bits per heavy atom. The van der Waals surface area contributed by atoms with Gasteiger partial charge in [0.25, 0.3) is 0 Å². The number of nitrogens with one attached hydrogen (secondary N) is 1. The molecule has 17 heavy (non-hydrogen) atoms. The van der Waals surface area contributed by atoms with E-state index in [0.717, 1.165) is 38.8 Å². The number of hydrogen-bond acceptors (Lipinski definition) is 3. The zero-order valence-electron chi connectivity index (χ0n) is 11.0. The highest BCUT2D eigenvalue weighted by Gasteiger charge is 2.16. The van der Waals surface area contributed by atoms with Crippen LogP contribution in [0.4, 0.5) is 0 Å². The zero-order valence-corrected chi connectivity index (χ0v) is 11.0. The molecule has 1 fully saturated rings. The van der Waals surface area contributed by atoms with Gasteiger partial charge in [0.1, 0.15) is 6.04 Å². The first kappa shape index (κ1) is 14.5. The minimum absolute atomic E-state index is 0.353. The van der Waals surface area contributed by atoms with Gasteiger partial charge in [0.15, 0.2) is 0 Å². The van der Waals surface area contributed by atoms with Gasteiger partial charge in [-0.2, -0.15) is 0 Å². The molecule has 1 saturated heterocycles. The molecule has 0 bridgehead atoms. The number of aliphatic carboxylic acids is 1. The summed E-state index contributed by atoms with van der Waals surface area (Å²) < 4.78 is 0. The summed E-state index contributed by atoms with van der Waals surface area (Å²) in [4.78, 5) is 13.4. The minimum Gasteiger partial charge on any atom is -0.480 e. The molecule has 1 aliphatic heterocycles. The highest BCUT2D eigenvalue weighted by molar-refractivity contribution is 5.73. The Morgan fingerprint density at radius 1 is 1.35 bits per heavy atom. The summed E-state index contributed by atoms with van der Waals surface area (Å²) in [6.45, 7) is 6.45. The van der Waals surface area contributed by atoms with Crippen molar-refractivity contribution in [3.63, 3.8) is 0 Å². The molecule has 1 heterocycles. The summed E-state index contributed by atoms with van der Waals surface area (Å²) in [5, 5.41) is 12.2. The molecule has 0 aromatic carbocycles. The molecule has 100 valence electrons. The van der Waals surface area contributed by atoms with E-state index in [4.69, 9.17) is 5.11 Å². The zero-order chi connectivity index (χ0) is 12.5. The third-order valence-electron chi connectivity index (χ3n) is 3.38. The van der Waals surface area contributed by atoms with Crippen molar-refractivity contribution in [1.82, 2.24) is 10.2 Å². The lowest BCUT2D eigenvalue weighted by Gasteiger charge is -2.17. The fourth-order valence-electron chi connectivity index (χ4n) is 2.31. The largest absolute Gasteiger partial charge is 0.480 e. The third-order valence-corrected chi connectivity index (χ3v) is 3.38. The molecule has 0 saturated carbocycles. The Hall–Kier alpha value is -0.610. The predicted octanol–water partition coefficient (Wildman–Crippen LogP) is 1.71. The third kappa shape index (κ3) is 6.03. The smallest absolute Gasteiger partial charge is 0.320 e. The van der Waals surface area contributed by atoms with E-state index in [0.29, 0.717) is 0 Å². The van der Waals surface area contributed by atoms with Crippen molar-refractivity contribution >= 4 is 5.97 Å². The lowest BCUT2D eigenvalue weighted by molar-refractivity contribution is -0.139. The molecule has 2 N–H and O–H groups in total. The maximum absolute atomic E-state index is 11.0. The van der Waals surface area contributed by atoms with E-state index in [1.807, 2.05) is 0 Å². The van der Waals surface area contributed by atoms with Crippen LogP contribution < -0.4 is 5.32 Å². The van der Waals surface area contributed by atoms with E-state index in [-0.39, 0.29) is 6.04 Å². The molecule has 1 unspecified atom stereocenters. The molecule has 0 aliphatic carbocycles. The van der Waals surface area contributed by atoms with E-state index in [9.17, 15) is 4.79 Å². The molecule has 1 aliphatic rings. The van der Waals surface area contributed by atoms with Crippen LogP contribution >= 0.6 is 0 Å². The average Bonchev–Trinajstić information content (AvgIpc) is 2.80.